The Bertz CT molecular complexity index is 738. The summed E-state index contributed by atoms with van der Waals surface area (Å²) in [7, 11) is 0. The van der Waals surface area contributed by atoms with Crippen molar-refractivity contribution in [3.8, 4) is 18.9 Å². The fourth-order valence-corrected chi connectivity index (χ4v) is 8.32. The SMILES string of the molecule is CCCCCCc1c[se]c(-c2nnc(-c3cc(CCCCCC)c[se]3)s2)c1. The van der Waals surface area contributed by atoms with Crippen molar-refractivity contribution in [1.29, 1.82) is 0 Å². The molecule has 0 saturated heterocycles. The van der Waals surface area contributed by atoms with Gasteiger partial charge in [-0.3, -0.25) is 0 Å². The van der Waals surface area contributed by atoms with E-state index in [-0.39, 0.29) is 0 Å². The molecule has 0 atom stereocenters. The van der Waals surface area contributed by atoms with E-state index in [1.165, 1.54) is 84.2 Å². The first-order chi connectivity index (χ1) is 13.3. The molecule has 0 radical (unpaired) electrons. The number of aryl methyl sites for hydroxylation is 2. The van der Waals surface area contributed by atoms with Gasteiger partial charge in [0.1, 0.15) is 0 Å². The third-order valence-electron chi connectivity index (χ3n) is 4.79. The van der Waals surface area contributed by atoms with Crippen LogP contribution in [0.3, 0.4) is 0 Å². The van der Waals surface area contributed by atoms with Gasteiger partial charge >= 0.3 is 181 Å². The second kappa shape index (κ2) is 11.5. The van der Waals surface area contributed by atoms with E-state index in [4.69, 9.17) is 0 Å². The molecule has 0 aliphatic heterocycles. The van der Waals surface area contributed by atoms with Crippen molar-refractivity contribution in [2.24, 2.45) is 0 Å². The van der Waals surface area contributed by atoms with Gasteiger partial charge in [-0.2, -0.15) is 0 Å². The monoisotopic (exact) mass is 514 g/mol. The molecule has 3 aromatic rings. The molecular weight excluding hydrogens is 482 g/mol. The molecule has 0 aliphatic carbocycles. The topological polar surface area (TPSA) is 25.8 Å². The van der Waals surface area contributed by atoms with Crippen molar-refractivity contribution in [2.75, 3.05) is 0 Å². The summed E-state index contributed by atoms with van der Waals surface area (Å²) in [5.41, 5.74) is 3.05. The average molecular weight is 512 g/mol. The summed E-state index contributed by atoms with van der Waals surface area (Å²) in [6, 6.07) is 4.78. The first-order valence-corrected chi connectivity index (χ1v) is 14.8. The summed E-state index contributed by atoms with van der Waals surface area (Å²) in [6.07, 6.45) is 13.2. The van der Waals surface area contributed by atoms with Crippen molar-refractivity contribution in [3.05, 3.63) is 33.1 Å². The minimum atomic E-state index is 0.439. The molecule has 0 spiro atoms. The molecule has 0 fully saturated rings. The Hall–Kier alpha value is -0.441. The molecule has 2 nitrogen and oxygen atoms in total. The Morgan fingerprint density at radius 1 is 0.704 bits per heavy atom. The summed E-state index contributed by atoms with van der Waals surface area (Å²) in [4.78, 5) is 4.90. The van der Waals surface area contributed by atoms with Gasteiger partial charge in [0.2, 0.25) is 0 Å². The average Bonchev–Trinajstić information content (AvgIpc) is 3.42. The van der Waals surface area contributed by atoms with E-state index in [2.05, 4.69) is 46.1 Å². The molecule has 27 heavy (non-hydrogen) atoms. The Kier molecular flexibility index (Phi) is 9.09. The van der Waals surface area contributed by atoms with E-state index in [0.29, 0.717) is 29.0 Å². The van der Waals surface area contributed by atoms with Crippen molar-refractivity contribution >= 4 is 40.3 Å². The zero-order chi connectivity index (χ0) is 18.9. The minimum absolute atomic E-state index is 0.439. The van der Waals surface area contributed by atoms with Gasteiger partial charge < -0.3 is 0 Å². The van der Waals surface area contributed by atoms with Crippen LogP contribution in [0.4, 0.5) is 0 Å². The summed E-state index contributed by atoms with van der Waals surface area (Å²) in [6.45, 7) is 4.55. The number of hydrogen-bond acceptors (Lipinski definition) is 3. The van der Waals surface area contributed by atoms with Gasteiger partial charge in [-0.05, 0) is 0 Å². The van der Waals surface area contributed by atoms with Crippen LogP contribution in [0.25, 0.3) is 18.9 Å². The van der Waals surface area contributed by atoms with E-state index < -0.39 is 0 Å². The summed E-state index contributed by atoms with van der Waals surface area (Å²) in [5, 5.41) is 11.4. The van der Waals surface area contributed by atoms with E-state index in [9.17, 15) is 0 Å². The predicted octanol–water partition coefficient (Wildman–Crippen LogP) is 6.23. The Morgan fingerprint density at radius 3 is 1.63 bits per heavy atom. The van der Waals surface area contributed by atoms with Gasteiger partial charge in [0.25, 0.3) is 0 Å². The van der Waals surface area contributed by atoms with E-state index in [0.717, 1.165) is 10.0 Å². The van der Waals surface area contributed by atoms with Gasteiger partial charge in [-0.1, -0.05) is 0 Å². The molecule has 0 unspecified atom stereocenters. The molecule has 0 amide bonds. The van der Waals surface area contributed by atoms with Gasteiger partial charge in [-0.25, -0.2) is 0 Å². The normalized spacial score (nSPS) is 11.3. The number of nitrogens with zero attached hydrogens (tertiary/aromatic N) is 2. The van der Waals surface area contributed by atoms with Crippen LogP contribution < -0.4 is 0 Å². The molecule has 5 heteroatoms. The van der Waals surface area contributed by atoms with Crippen LogP contribution in [0, 0.1) is 0 Å². The molecule has 0 N–H and O–H groups in total. The van der Waals surface area contributed by atoms with E-state index in [1.807, 2.05) is 0 Å². The van der Waals surface area contributed by atoms with Crippen LogP contribution in [0.5, 0.6) is 0 Å². The number of rotatable bonds is 12. The van der Waals surface area contributed by atoms with Crippen LogP contribution in [-0.4, -0.2) is 39.2 Å². The van der Waals surface area contributed by atoms with Crippen LogP contribution in [-0.2, 0) is 12.8 Å². The molecule has 0 aliphatic rings. The summed E-state index contributed by atoms with van der Waals surface area (Å²) in [5.74, 6) is 0. The second-order valence-electron chi connectivity index (χ2n) is 7.17. The molecule has 3 heterocycles. The van der Waals surface area contributed by atoms with Crippen molar-refractivity contribution in [3.63, 3.8) is 0 Å². The maximum atomic E-state index is 4.53. The molecule has 0 bridgehead atoms. The predicted molar refractivity (Wildman–Crippen MR) is 120 cm³/mol. The van der Waals surface area contributed by atoms with Crippen LogP contribution in [0.15, 0.2) is 22.0 Å². The fourth-order valence-electron chi connectivity index (χ4n) is 3.17. The fraction of sp³-hybridized carbons (Fsp3) is 0.545. The first kappa shape index (κ1) is 21.3. The Morgan fingerprint density at radius 2 is 1.19 bits per heavy atom. The molecule has 146 valence electrons. The van der Waals surface area contributed by atoms with Gasteiger partial charge in [0, 0.05) is 0 Å². The molecular formula is C22H30N2SSe2. The van der Waals surface area contributed by atoms with Crippen molar-refractivity contribution in [2.45, 2.75) is 78.1 Å². The van der Waals surface area contributed by atoms with Crippen molar-refractivity contribution in [1.82, 2.24) is 10.2 Å². The third-order valence-corrected chi connectivity index (χ3v) is 10.5. The van der Waals surface area contributed by atoms with Crippen molar-refractivity contribution < 1.29 is 0 Å². The third kappa shape index (κ3) is 6.54. The zero-order valence-corrected chi connectivity index (χ0v) is 20.7. The maximum absolute atomic E-state index is 4.53. The van der Waals surface area contributed by atoms with Gasteiger partial charge in [-0.15, -0.1) is 0 Å². The number of aromatic nitrogens is 2. The standard InChI is InChI=1S/C22H30N2SSe2/c1-3-5-7-9-11-17-13-19(26-15-17)21-23-24-22(25-21)20-14-18(16-27-20)12-10-8-6-4-2/h13-16H,3-12H2,1-2H3. The summed E-state index contributed by atoms with van der Waals surface area (Å²) < 4.78 is 2.85. The number of hydrogen-bond donors (Lipinski definition) is 0. The quantitative estimate of drug-likeness (QED) is 0.212. The Balaban J connectivity index is 1.57. The second-order valence-corrected chi connectivity index (χ2v) is 12.0. The van der Waals surface area contributed by atoms with Gasteiger partial charge in [0.15, 0.2) is 0 Å². The Labute approximate surface area is 179 Å². The zero-order valence-electron chi connectivity index (χ0n) is 16.5. The first-order valence-electron chi connectivity index (χ1n) is 10.3. The molecule has 3 rings (SSSR count). The van der Waals surface area contributed by atoms with Crippen LogP contribution >= 0.6 is 11.3 Å². The number of unbranched alkanes of at least 4 members (excludes halogenated alkanes) is 6. The molecule has 3 aromatic heterocycles. The molecule has 0 aromatic carbocycles. The van der Waals surface area contributed by atoms with E-state index in [1.54, 1.807) is 11.3 Å². The van der Waals surface area contributed by atoms with Crippen LogP contribution in [0.1, 0.15) is 76.3 Å². The molecule has 0 saturated carbocycles. The van der Waals surface area contributed by atoms with Gasteiger partial charge in [0.05, 0.1) is 0 Å². The van der Waals surface area contributed by atoms with Crippen LogP contribution in [0.2, 0.25) is 0 Å². The summed E-state index contributed by atoms with van der Waals surface area (Å²) >= 11 is 2.68. The van der Waals surface area contributed by atoms with E-state index >= 15 is 0 Å².